The maximum Gasteiger partial charge on any atom is 0.139 e. The molecule has 3 fully saturated rings. The van der Waals surface area contributed by atoms with Crippen molar-refractivity contribution in [2.75, 3.05) is 0 Å². The van der Waals surface area contributed by atoms with E-state index in [2.05, 4.69) is 13.8 Å². The number of hydrogen-bond donors (Lipinski definition) is 0. The molecule has 0 aromatic carbocycles. The van der Waals surface area contributed by atoms with Crippen molar-refractivity contribution in [3.05, 3.63) is 0 Å². The Labute approximate surface area is 68.2 Å². The molecule has 11 heavy (non-hydrogen) atoms. The van der Waals surface area contributed by atoms with Crippen LogP contribution in [-0.4, -0.2) is 5.78 Å². The first-order valence-electron chi connectivity index (χ1n) is 4.67. The zero-order chi connectivity index (χ0) is 8.06. The van der Waals surface area contributed by atoms with E-state index in [0.717, 1.165) is 0 Å². The van der Waals surface area contributed by atoms with Crippen molar-refractivity contribution in [1.82, 2.24) is 0 Å². The minimum absolute atomic E-state index is 0.343. The van der Waals surface area contributed by atoms with Gasteiger partial charge in [-0.15, -0.1) is 0 Å². The molecule has 3 aliphatic rings. The second-order valence-electron chi connectivity index (χ2n) is 4.55. The van der Waals surface area contributed by atoms with Gasteiger partial charge in [0.2, 0.25) is 0 Å². The first-order chi connectivity index (χ1) is 5.13. The van der Waals surface area contributed by atoms with Gasteiger partial charge in [0, 0.05) is 11.8 Å². The average Bonchev–Trinajstić information content (AvgIpc) is 2.01. The molecule has 2 bridgehead atoms. The number of ketones is 1. The predicted octanol–water partition coefficient (Wildman–Crippen LogP) is 2.40. The van der Waals surface area contributed by atoms with Crippen LogP contribution in [-0.2, 0) is 4.79 Å². The molecule has 3 saturated carbocycles. The Bertz CT molecular complexity index is 187. The van der Waals surface area contributed by atoms with Crippen molar-refractivity contribution >= 4 is 5.78 Å². The van der Waals surface area contributed by atoms with E-state index < -0.39 is 0 Å². The number of rotatable bonds is 0. The van der Waals surface area contributed by atoms with E-state index in [0.29, 0.717) is 23.0 Å². The molecule has 0 unspecified atom stereocenters. The van der Waals surface area contributed by atoms with Gasteiger partial charge in [0.05, 0.1) is 0 Å². The zero-order valence-corrected chi connectivity index (χ0v) is 7.39. The van der Waals surface area contributed by atoms with Crippen molar-refractivity contribution in [2.24, 2.45) is 17.3 Å². The summed E-state index contributed by atoms with van der Waals surface area (Å²) in [5, 5.41) is 0. The van der Waals surface area contributed by atoms with Crippen LogP contribution in [0.15, 0.2) is 0 Å². The third-order valence-corrected chi connectivity index (χ3v) is 4.00. The topological polar surface area (TPSA) is 17.1 Å². The van der Waals surface area contributed by atoms with Crippen molar-refractivity contribution < 1.29 is 4.79 Å². The number of carbonyl (C=O) groups is 1. The van der Waals surface area contributed by atoms with Gasteiger partial charge >= 0.3 is 0 Å². The summed E-state index contributed by atoms with van der Waals surface area (Å²) in [7, 11) is 0. The molecule has 3 aliphatic carbocycles. The van der Waals surface area contributed by atoms with E-state index >= 15 is 0 Å². The van der Waals surface area contributed by atoms with Crippen molar-refractivity contribution in [3.63, 3.8) is 0 Å². The van der Waals surface area contributed by atoms with E-state index in [1.165, 1.54) is 25.7 Å². The van der Waals surface area contributed by atoms with E-state index in [-0.39, 0.29) is 0 Å². The van der Waals surface area contributed by atoms with E-state index in [4.69, 9.17) is 0 Å². The fourth-order valence-corrected chi connectivity index (χ4v) is 2.69. The molecule has 0 radical (unpaired) electrons. The monoisotopic (exact) mass is 152 g/mol. The Kier molecular flexibility index (Phi) is 1.39. The number of fused-ring (bicyclic) bond motifs is 3. The third-order valence-electron chi connectivity index (χ3n) is 4.00. The second kappa shape index (κ2) is 2.09. The van der Waals surface area contributed by atoms with Crippen molar-refractivity contribution in [2.45, 2.75) is 39.5 Å². The quantitative estimate of drug-likeness (QED) is 0.521. The van der Waals surface area contributed by atoms with Gasteiger partial charge in [-0.3, -0.25) is 4.79 Å². The number of carbonyl (C=O) groups excluding carboxylic acids is 1. The van der Waals surface area contributed by atoms with Crippen LogP contribution in [0.5, 0.6) is 0 Å². The van der Waals surface area contributed by atoms with Gasteiger partial charge in [0.25, 0.3) is 0 Å². The minimum atomic E-state index is 0.343. The van der Waals surface area contributed by atoms with Crippen LogP contribution >= 0.6 is 0 Å². The molecule has 1 nitrogen and oxygen atoms in total. The van der Waals surface area contributed by atoms with Crippen LogP contribution in [0.4, 0.5) is 0 Å². The molecule has 0 aromatic heterocycles. The van der Waals surface area contributed by atoms with Crippen LogP contribution in [0.3, 0.4) is 0 Å². The fourth-order valence-electron chi connectivity index (χ4n) is 2.69. The Morgan fingerprint density at radius 1 is 1.36 bits per heavy atom. The predicted molar refractivity (Wildman–Crippen MR) is 44.2 cm³/mol. The standard InChI is InChI=1S/C10H16O/c1-7-9(11)8-3-5-10(7,2)6-4-8/h7-8H,3-6H2,1-2H3/t7-,8?,10?/m1/s1. The third kappa shape index (κ3) is 0.863. The lowest BCUT2D eigenvalue weighted by Gasteiger charge is -2.47. The normalized spacial score (nSPS) is 49.8. The lowest BCUT2D eigenvalue weighted by molar-refractivity contribution is -0.140. The van der Waals surface area contributed by atoms with E-state index in [1.54, 1.807) is 0 Å². The van der Waals surface area contributed by atoms with Gasteiger partial charge in [-0.05, 0) is 31.1 Å². The smallest absolute Gasteiger partial charge is 0.139 e. The molecule has 0 aromatic rings. The number of Topliss-reactive ketones (excluding diaryl/α,β-unsaturated/α-hetero) is 1. The van der Waals surface area contributed by atoms with Crippen molar-refractivity contribution in [3.8, 4) is 0 Å². The van der Waals surface area contributed by atoms with Crippen LogP contribution < -0.4 is 0 Å². The molecule has 3 rings (SSSR count). The molecule has 0 spiro atoms. The van der Waals surface area contributed by atoms with Crippen LogP contribution in [0.25, 0.3) is 0 Å². The Balaban J connectivity index is 2.30. The Hall–Kier alpha value is -0.330. The highest BCUT2D eigenvalue weighted by Gasteiger charge is 2.47. The number of hydrogen-bond acceptors (Lipinski definition) is 1. The van der Waals surface area contributed by atoms with Gasteiger partial charge < -0.3 is 0 Å². The molecule has 0 heterocycles. The Morgan fingerprint density at radius 3 is 2.27 bits per heavy atom. The average molecular weight is 152 g/mol. The first-order valence-corrected chi connectivity index (χ1v) is 4.67. The SMILES string of the molecule is C[C@@H]1C(=O)C2CCC1(C)CC2. The molecule has 0 amide bonds. The highest BCUT2D eigenvalue weighted by atomic mass is 16.1. The lowest BCUT2D eigenvalue weighted by Crippen LogP contribution is -2.45. The summed E-state index contributed by atoms with van der Waals surface area (Å²) in [5.74, 6) is 1.33. The van der Waals surface area contributed by atoms with Crippen LogP contribution in [0.1, 0.15) is 39.5 Å². The molecule has 62 valence electrons. The zero-order valence-electron chi connectivity index (χ0n) is 7.39. The summed E-state index contributed by atoms with van der Waals surface area (Å²) in [5.41, 5.74) is 0.367. The molecular weight excluding hydrogens is 136 g/mol. The van der Waals surface area contributed by atoms with Gasteiger partial charge in [-0.1, -0.05) is 13.8 Å². The Morgan fingerprint density at radius 2 is 1.91 bits per heavy atom. The molecule has 1 atom stereocenters. The summed E-state index contributed by atoms with van der Waals surface area (Å²) < 4.78 is 0. The fraction of sp³-hybridized carbons (Fsp3) is 0.900. The lowest BCUT2D eigenvalue weighted by atomic mass is 9.56. The van der Waals surface area contributed by atoms with Gasteiger partial charge in [0.15, 0.2) is 0 Å². The van der Waals surface area contributed by atoms with E-state index in [9.17, 15) is 4.79 Å². The molecule has 0 saturated heterocycles. The largest absolute Gasteiger partial charge is 0.299 e. The van der Waals surface area contributed by atoms with Gasteiger partial charge in [-0.25, -0.2) is 0 Å². The molecular formula is C10H16O. The summed E-state index contributed by atoms with van der Waals surface area (Å²) in [6.45, 7) is 4.40. The summed E-state index contributed by atoms with van der Waals surface area (Å²) in [6.07, 6.45) is 4.90. The summed E-state index contributed by atoms with van der Waals surface area (Å²) in [6, 6.07) is 0. The van der Waals surface area contributed by atoms with Gasteiger partial charge in [-0.2, -0.15) is 0 Å². The maximum atomic E-state index is 11.6. The maximum absolute atomic E-state index is 11.6. The van der Waals surface area contributed by atoms with Crippen LogP contribution in [0, 0.1) is 17.3 Å². The first kappa shape index (κ1) is 7.33. The highest BCUT2D eigenvalue weighted by molar-refractivity contribution is 5.85. The minimum Gasteiger partial charge on any atom is -0.299 e. The van der Waals surface area contributed by atoms with Crippen molar-refractivity contribution in [1.29, 1.82) is 0 Å². The van der Waals surface area contributed by atoms with E-state index in [1.807, 2.05) is 0 Å². The highest BCUT2D eigenvalue weighted by Crippen LogP contribution is 2.51. The summed E-state index contributed by atoms with van der Waals surface area (Å²) >= 11 is 0. The second-order valence-corrected chi connectivity index (χ2v) is 4.55. The van der Waals surface area contributed by atoms with Gasteiger partial charge in [0.1, 0.15) is 5.78 Å². The summed E-state index contributed by atoms with van der Waals surface area (Å²) in [4.78, 5) is 11.6. The molecule has 0 N–H and O–H groups in total. The van der Waals surface area contributed by atoms with Crippen LogP contribution in [0.2, 0.25) is 0 Å². The molecule has 1 heteroatoms. The molecule has 0 aliphatic heterocycles.